The fourth-order valence-electron chi connectivity index (χ4n) is 3.87. The van der Waals surface area contributed by atoms with Crippen molar-refractivity contribution in [2.75, 3.05) is 20.8 Å². The second-order valence-corrected chi connectivity index (χ2v) is 7.17. The molecule has 1 N–H and O–H groups in total. The summed E-state index contributed by atoms with van der Waals surface area (Å²) in [4.78, 5) is 12.9. The van der Waals surface area contributed by atoms with Crippen molar-refractivity contribution in [2.24, 2.45) is 7.05 Å². The molecule has 5 heteroatoms. The van der Waals surface area contributed by atoms with Gasteiger partial charge in [-0.2, -0.15) is 0 Å². The zero-order valence-electron chi connectivity index (χ0n) is 15.9. The third-order valence-electron chi connectivity index (χ3n) is 5.56. The van der Waals surface area contributed by atoms with Crippen LogP contribution in [0.5, 0.6) is 11.5 Å². The summed E-state index contributed by atoms with van der Waals surface area (Å²) in [6.45, 7) is 0.598. The topological polar surface area (TPSA) is 52.5 Å². The number of carbonyl (C=O) groups excluding carboxylic acids is 1. The highest BCUT2D eigenvalue weighted by Crippen LogP contribution is 2.50. The van der Waals surface area contributed by atoms with Gasteiger partial charge in [0.25, 0.3) is 5.91 Å². The number of para-hydroxylation sites is 1. The molecule has 0 aliphatic heterocycles. The Labute approximate surface area is 158 Å². The Hall–Kier alpha value is -2.95. The third-order valence-corrected chi connectivity index (χ3v) is 5.56. The minimum Gasteiger partial charge on any atom is -0.496 e. The van der Waals surface area contributed by atoms with Crippen LogP contribution in [0.4, 0.5) is 0 Å². The Balaban J connectivity index is 1.60. The van der Waals surface area contributed by atoms with Crippen molar-refractivity contribution in [3.63, 3.8) is 0 Å². The van der Waals surface area contributed by atoms with E-state index in [9.17, 15) is 4.79 Å². The van der Waals surface area contributed by atoms with E-state index < -0.39 is 0 Å². The van der Waals surface area contributed by atoms with Crippen molar-refractivity contribution in [3.05, 3.63) is 59.8 Å². The molecule has 1 aliphatic carbocycles. The third kappa shape index (κ3) is 2.93. The van der Waals surface area contributed by atoms with E-state index in [1.54, 1.807) is 26.4 Å². The number of nitrogens with one attached hydrogen (secondary N) is 1. The van der Waals surface area contributed by atoms with Crippen molar-refractivity contribution in [3.8, 4) is 11.5 Å². The normalized spacial score (nSPS) is 14.8. The first kappa shape index (κ1) is 17.5. The smallest absolute Gasteiger partial charge is 0.258 e. The number of hydrogen-bond donors (Lipinski definition) is 1. The number of aromatic nitrogens is 1. The summed E-state index contributed by atoms with van der Waals surface area (Å²) in [7, 11) is 5.19. The molecule has 0 atom stereocenters. The molecule has 140 valence electrons. The van der Waals surface area contributed by atoms with Crippen LogP contribution < -0.4 is 14.8 Å². The first-order chi connectivity index (χ1) is 13.1. The van der Waals surface area contributed by atoms with Gasteiger partial charge in [-0.15, -0.1) is 0 Å². The second kappa shape index (κ2) is 6.65. The summed E-state index contributed by atoms with van der Waals surface area (Å²) in [5, 5.41) is 4.38. The van der Waals surface area contributed by atoms with Gasteiger partial charge < -0.3 is 19.4 Å². The van der Waals surface area contributed by atoms with Gasteiger partial charge >= 0.3 is 0 Å². The van der Waals surface area contributed by atoms with Crippen LogP contribution in [-0.2, 0) is 12.5 Å². The summed E-state index contributed by atoms with van der Waals surface area (Å²) in [5.74, 6) is 0.861. The highest BCUT2D eigenvalue weighted by atomic mass is 16.5. The van der Waals surface area contributed by atoms with Gasteiger partial charge in [0.05, 0.1) is 14.2 Å². The Morgan fingerprint density at radius 1 is 1.07 bits per heavy atom. The van der Waals surface area contributed by atoms with Gasteiger partial charge in [-0.25, -0.2) is 0 Å². The molecule has 3 aromatic rings. The monoisotopic (exact) mass is 364 g/mol. The van der Waals surface area contributed by atoms with E-state index in [-0.39, 0.29) is 11.3 Å². The largest absolute Gasteiger partial charge is 0.496 e. The van der Waals surface area contributed by atoms with E-state index in [1.807, 2.05) is 6.07 Å². The number of carbonyl (C=O) groups is 1. The molecule has 0 spiro atoms. The van der Waals surface area contributed by atoms with Crippen LogP contribution in [0.2, 0.25) is 0 Å². The van der Waals surface area contributed by atoms with Gasteiger partial charge in [-0.05, 0) is 36.6 Å². The van der Waals surface area contributed by atoms with Gasteiger partial charge in [0.2, 0.25) is 0 Å². The Bertz CT molecular complexity index is 980. The molecule has 1 fully saturated rings. The lowest BCUT2D eigenvalue weighted by Gasteiger charge is -2.18. The molecule has 5 nitrogen and oxygen atoms in total. The molecule has 1 saturated carbocycles. The molecule has 27 heavy (non-hydrogen) atoms. The summed E-state index contributed by atoms with van der Waals surface area (Å²) in [6.07, 6.45) is 4.35. The molecule has 1 amide bonds. The van der Waals surface area contributed by atoms with Crippen LogP contribution in [0.15, 0.2) is 48.7 Å². The molecule has 2 aromatic carbocycles. The minimum atomic E-state index is -0.171. The van der Waals surface area contributed by atoms with E-state index in [0.29, 0.717) is 23.6 Å². The van der Waals surface area contributed by atoms with Crippen LogP contribution in [0, 0.1) is 0 Å². The fourth-order valence-corrected chi connectivity index (χ4v) is 3.87. The van der Waals surface area contributed by atoms with Gasteiger partial charge in [-0.1, -0.05) is 24.3 Å². The standard InChI is InChI=1S/C22H24N2O3/c1-24-13-16(15-7-4-5-8-17(15)24)22(11-12-22)14-23-21(25)20-18(26-2)9-6-10-19(20)27-3/h4-10,13H,11-12,14H2,1-3H3,(H,23,25). The van der Waals surface area contributed by atoms with Crippen molar-refractivity contribution in [1.29, 1.82) is 0 Å². The molecule has 0 saturated heterocycles. The van der Waals surface area contributed by atoms with E-state index >= 15 is 0 Å². The maximum atomic E-state index is 12.9. The summed E-state index contributed by atoms with van der Waals surface area (Å²) >= 11 is 0. The summed E-state index contributed by atoms with van der Waals surface area (Å²) in [6, 6.07) is 13.8. The van der Waals surface area contributed by atoms with Gasteiger partial charge in [0.15, 0.2) is 0 Å². The van der Waals surface area contributed by atoms with Crippen LogP contribution in [0.25, 0.3) is 10.9 Å². The van der Waals surface area contributed by atoms with Gasteiger partial charge in [0.1, 0.15) is 17.1 Å². The Kier molecular flexibility index (Phi) is 4.30. The number of fused-ring (bicyclic) bond motifs is 1. The summed E-state index contributed by atoms with van der Waals surface area (Å²) < 4.78 is 12.9. The average Bonchev–Trinajstić information content (AvgIpc) is 3.42. The first-order valence-electron chi connectivity index (χ1n) is 9.13. The lowest BCUT2D eigenvalue weighted by Crippen LogP contribution is -2.32. The quantitative estimate of drug-likeness (QED) is 0.726. The molecule has 0 unspecified atom stereocenters. The number of rotatable bonds is 6. The molecular weight excluding hydrogens is 340 g/mol. The maximum absolute atomic E-state index is 12.9. The molecule has 1 heterocycles. The fraction of sp³-hybridized carbons (Fsp3) is 0.318. The number of amides is 1. The van der Waals surface area contributed by atoms with E-state index in [0.717, 1.165) is 12.8 Å². The van der Waals surface area contributed by atoms with E-state index in [4.69, 9.17) is 9.47 Å². The SMILES string of the molecule is COc1cccc(OC)c1C(=O)NCC1(c2cn(C)c3ccccc23)CC1. The lowest BCUT2D eigenvalue weighted by atomic mass is 9.95. The van der Waals surface area contributed by atoms with Crippen LogP contribution in [0.1, 0.15) is 28.8 Å². The molecule has 0 radical (unpaired) electrons. The van der Waals surface area contributed by atoms with E-state index in [2.05, 4.69) is 47.4 Å². The molecule has 1 aromatic heterocycles. The van der Waals surface area contributed by atoms with Crippen LogP contribution in [0.3, 0.4) is 0 Å². The molecule has 4 rings (SSSR count). The number of hydrogen-bond acceptors (Lipinski definition) is 3. The summed E-state index contributed by atoms with van der Waals surface area (Å²) in [5.41, 5.74) is 2.98. The average molecular weight is 364 g/mol. The number of methoxy groups -OCH3 is 2. The maximum Gasteiger partial charge on any atom is 0.258 e. The first-order valence-corrected chi connectivity index (χ1v) is 9.13. The van der Waals surface area contributed by atoms with Crippen molar-refractivity contribution in [1.82, 2.24) is 9.88 Å². The zero-order valence-corrected chi connectivity index (χ0v) is 15.9. The highest BCUT2D eigenvalue weighted by Gasteiger charge is 2.46. The number of nitrogens with zero attached hydrogens (tertiary/aromatic N) is 1. The predicted octanol–water partition coefficient (Wildman–Crippen LogP) is 3.66. The van der Waals surface area contributed by atoms with Crippen LogP contribution in [-0.4, -0.2) is 31.2 Å². The molecule has 1 aliphatic rings. The highest BCUT2D eigenvalue weighted by molar-refractivity contribution is 6.00. The predicted molar refractivity (Wildman–Crippen MR) is 106 cm³/mol. The van der Waals surface area contributed by atoms with Gasteiger partial charge in [-0.3, -0.25) is 4.79 Å². The molecular formula is C22H24N2O3. The Morgan fingerprint density at radius 2 is 1.74 bits per heavy atom. The second-order valence-electron chi connectivity index (χ2n) is 7.17. The zero-order chi connectivity index (χ0) is 19.0. The van der Waals surface area contributed by atoms with Gasteiger partial charge in [0, 0.05) is 36.1 Å². The number of aryl methyl sites for hydroxylation is 1. The van der Waals surface area contributed by atoms with Crippen molar-refractivity contribution >= 4 is 16.8 Å². The molecule has 0 bridgehead atoms. The van der Waals surface area contributed by atoms with Crippen LogP contribution >= 0.6 is 0 Å². The van der Waals surface area contributed by atoms with E-state index in [1.165, 1.54) is 16.5 Å². The number of benzene rings is 2. The number of ether oxygens (including phenoxy) is 2. The van der Waals surface area contributed by atoms with Crippen molar-refractivity contribution in [2.45, 2.75) is 18.3 Å². The lowest BCUT2D eigenvalue weighted by molar-refractivity contribution is 0.0943. The Morgan fingerprint density at radius 3 is 2.37 bits per heavy atom. The van der Waals surface area contributed by atoms with Crippen molar-refractivity contribution < 1.29 is 14.3 Å². The minimum absolute atomic E-state index is 0.00573.